The quantitative estimate of drug-likeness (QED) is 0.0375. The van der Waals surface area contributed by atoms with E-state index in [1.807, 2.05) is 0 Å². The SMILES string of the molecule is NCCCCC(N)C(=O)NC(CCC(=O)O)C(=O)NC(CCC(=O)O)C(=O)NC(CCCN=C(N)N)C(=O)O. The third-order valence-electron chi connectivity index (χ3n) is 5.43. The summed E-state index contributed by atoms with van der Waals surface area (Å²) in [6.07, 6.45) is -0.278. The van der Waals surface area contributed by atoms with Crippen LogP contribution in [0.15, 0.2) is 4.99 Å². The second kappa shape index (κ2) is 19.1. The first kappa shape index (κ1) is 35.0. The molecular weight excluding hydrogens is 520 g/mol. The van der Waals surface area contributed by atoms with Gasteiger partial charge in [-0.05, 0) is 45.1 Å². The van der Waals surface area contributed by atoms with Crippen LogP contribution in [0.3, 0.4) is 0 Å². The Morgan fingerprint density at radius 3 is 1.59 bits per heavy atom. The topological polar surface area (TPSA) is 316 Å². The van der Waals surface area contributed by atoms with E-state index in [2.05, 4.69) is 20.9 Å². The summed E-state index contributed by atoms with van der Waals surface area (Å²) in [4.78, 5) is 75.8. The lowest BCUT2D eigenvalue weighted by Crippen LogP contribution is -2.57. The van der Waals surface area contributed by atoms with Crippen LogP contribution in [0.4, 0.5) is 0 Å². The fourth-order valence-electron chi connectivity index (χ4n) is 3.30. The van der Waals surface area contributed by atoms with Crippen LogP contribution in [-0.2, 0) is 28.8 Å². The van der Waals surface area contributed by atoms with Crippen LogP contribution in [0, 0.1) is 0 Å². The highest BCUT2D eigenvalue weighted by Gasteiger charge is 2.30. The Bertz CT molecular complexity index is 880. The van der Waals surface area contributed by atoms with E-state index in [4.69, 9.17) is 33.1 Å². The van der Waals surface area contributed by atoms with Gasteiger partial charge in [-0.15, -0.1) is 0 Å². The third kappa shape index (κ3) is 16.5. The zero-order valence-electron chi connectivity index (χ0n) is 21.6. The van der Waals surface area contributed by atoms with Gasteiger partial charge in [-0.1, -0.05) is 6.42 Å². The van der Waals surface area contributed by atoms with Crippen molar-refractivity contribution in [3.05, 3.63) is 0 Å². The number of aliphatic imine (C=N–C) groups is 1. The van der Waals surface area contributed by atoms with Crippen LogP contribution in [0.5, 0.6) is 0 Å². The summed E-state index contributed by atoms with van der Waals surface area (Å²) >= 11 is 0. The van der Waals surface area contributed by atoms with Gasteiger partial charge in [0, 0.05) is 19.4 Å². The Morgan fingerprint density at radius 1 is 0.667 bits per heavy atom. The predicted molar refractivity (Wildman–Crippen MR) is 138 cm³/mol. The molecule has 0 aromatic carbocycles. The Morgan fingerprint density at radius 2 is 1.15 bits per heavy atom. The number of hydrogen-bond donors (Lipinski definition) is 10. The average Bonchev–Trinajstić information content (AvgIpc) is 2.85. The van der Waals surface area contributed by atoms with Crippen molar-refractivity contribution in [1.82, 2.24) is 16.0 Å². The van der Waals surface area contributed by atoms with Crippen LogP contribution in [0.2, 0.25) is 0 Å². The van der Waals surface area contributed by atoms with Gasteiger partial charge in [0.1, 0.15) is 18.1 Å². The zero-order chi connectivity index (χ0) is 30.0. The summed E-state index contributed by atoms with van der Waals surface area (Å²) in [7, 11) is 0. The van der Waals surface area contributed by atoms with Gasteiger partial charge < -0.3 is 54.2 Å². The molecule has 0 radical (unpaired) electrons. The Balaban J connectivity index is 5.57. The lowest BCUT2D eigenvalue weighted by Gasteiger charge is -2.25. The lowest BCUT2D eigenvalue weighted by molar-refractivity contribution is -0.143. The Hall–Kier alpha value is -3.99. The number of unbranched alkanes of at least 4 members (excludes halogenated alkanes) is 1. The summed E-state index contributed by atoms with van der Waals surface area (Å²) in [6, 6.07) is -5.32. The minimum absolute atomic E-state index is 0.0726. The Kier molecular flexibility index (Phi) is 17.2. The molecule has 0 rings (SSSR count). The molecule has 14 N–H and O–H groups in total. The van der Waals surface area contributed by atoms with Gasteiger partial charge in [-0.3, -0.25) is 29.0 Å². The van der Waals surface area contributed by atoms with E-state index in [1.165, 1.54) is 0 Å². The molecule has 0 saturated carbocycles. The molecule has 0 aliphatic rings. The number of nitrogens with two attached hydrogens (primary N) is 4. The number of hydrogen-bond acceptors (Lipinski definition) is 9. The second-order valence-electron chi connectivity index (χ2n) is 8.73. The molecule has 0 heterocycles. The second-order valence-corrected chi connectivity index (χ2v) is 8.73. The van der Waals surface area contributed by atoms with Crippen molar-refractivity contribution in [3.8, 4) is 0 Å². The molecule has 39 heavy (non-hydrogen) atoms. The molecule has 0 spiro atoms. The maximum atomic E-state index is 13.0. The van der Waals surface area contributed by atoms with Gasteiger partial charge in [-0.25, -0.2) is 4.79 Å². The minimum Gasteiger partial charge on any atom is -0.481 e. The van der Waals surface area contributed by atoms with Crippen LogP contribution < -0.4 is 38.9 Å². The highest BCUT2D eigenvalue weighted by molar-refractivity contribution is 5.94. The number of rotatable bonds is 21. The van der Waals surface area contributed by atoms with E-state index in [9.17, 15) is 33.9 Å². The van der Waals surface area contributed by atoms with Gasteiger partial charge in [0.2, 0.25) is 17.7 Å². The summed E-state index contributed by atoms with van der Waals surface area (Å²) in [5, 5.41) is 34.4. The minimum atomic E-state index is -1.50. The molecule has 0 aliphatic carbocycles. The first-order valence-corrected chi connectivity index (χ1v) is 12.4. The van der Waals surface area contributed by atoms with Gasteiger partial charge in [0.25, 0.3) is 0 Å². The molecule has 0 aromatic heterocycles. The maximum Gasteiger partial charge on any atom is 0.326 e. The number of carboxylic acid groups (broad SMARTS) is 3. The molecule has 17 nitrogen and oxygen atoms in total. The van der Waals surface area contributed by atoms with Crippen LogP contribution in [0.25, 0.3) is 0 Å². The van der Waals surface area contributed by atoms with E-state index < -0.39 is 79.1 Å². The van der Waals surface area contributed by atoms with Crippen LogP contribution in [-0.4, -0.2) is 94.2 Å². The van der Waals surface area contributed by atoms with Gasteiger partial charge >= 0.3 is 17.9 Å². The molecular formula is C22H40N8O9. The fraction of sp³-hybridized carbons (Fsp3) is 0.682. The molecule has 0 saturated heterocycles. The molecule has 0 fully saturated rings. The smallest absolute Gasteiger partial charge is 0.326 e. The van der Waals surface area contributed by atoms with Crippen molar-refractivity contribution in [2.75, 3.05) is 13.1 Å². The van der Waals surface area contributed by atoms with Crippen molar-refractivity contribution in [1.29, 1.82) is 0 Å². The van der Waals surface area contributed by atoms with Gasteiger partial charge in [0.05, 0.1) is 6.04 Å². The number of nitrogens with one attached hydrogen (secondary N) is 3. The normalized spacial score (nSPS) is 13.7. The number of carbonyl (C=O) groups excluding carboxylic acids is 3. The maximum absolute atomic E-state index is 13.0. The molecule has 4 atom stereocenters. The third-order valence-corrected chi connectivity index (χ3v) is 5.43. The summed E-state index contributed by atoms with van der Waals surface area (Å²) in [6.45, 7) is 0.497. The molecule has 0 aliphatic heterocycles. The number of aliphatic carboxylic acids is 3. The monoisotopic (exact) mass is 560 g/mol. The van der Waals surface area contributed by atoms with Gasteiger partial charge in [0.15, 0.2) is 5.96 Å². The van der Waals surface area contributed by atoms with Crippen molar-refractivity contribution >= 4 is 41.6 Å². The van der Waals surface area contributed by atoms with E-state index in [0.717, 1.165) is 0 Å². The van der Waals surface area contributed by atoms with Crippen molar-refractivity contribution in [2.45, 2.75) is 82.0 Å². The van der Waals surface area contributed by atoms with Crippen molar-refractivity contribution in [3.63, 3.8) is 0 Å². The number of carbonyl (C=O) groups is 6. The van der Waals surface area contributed by atoms with E-state index >= 15 is 0 Å². The number of carboxylic acids is 3. The van der Waals surface area contributed by atoms with E-state index in [0.29, 0.717) is 19.4 Å². The number of guanidine groups is 1. The summed E-state index contributed by atoms with van der Waals surface area (Å²) < 4.78 is 0. The zero-order valence-corrected chi connectivity index (χ0v) is 21.6. The largest absolute Gasteiger partial charge is 0.481 e. The molecule has 0 aromatic rings. The van der Waals surface area contributed by atoms with E-state index in [-0.39, 0.29) is 38.2 Å². The molecule has 222 valence electrons. The van der Waals surface area contributed by atoms with Gasteiger partial charge in [-0.2, -0.15) is 0 Å². The summed E-state index contributed by atoms with van der Waals surface area (Å²) in [5.41, 5.74) is 21.7. The van der Waals surface area contributed by atoms with E-state index in [1.54, 1.807) is 0 Å². The highest BCUT2D eigenvalue weighted by atomic mass is 16.4. The van der Waals surface area contributed by atoms with Crippen molar-refractivity contribution < 1.29 is 44.1 Å². The molecule has 17 heteroatoms. The average molecular weight is 561 g/mol. The molecule has 3 amide bonds. The fourth-order valence-corrected chi connectivity index (χ4v) is 3.30. The van der Waals surface area contributed by atoms with Crippen molar-refractivity contribution in [2.24, 2.45) is 27.9 Å². The highest BCUT2D eigenvalue weighted by Crippen LogP contribution is 2.07. The standard InChI is InChI=1S/C22H40N8O9/c23-10-2-1-4-12(24)18(35)28-13(6-8-16(31)32)19(36)29-14(7-9-17(33)34)20(37)30-15(21(38)39)5-3-11-27-22(25)26/h12-15H,1-11,23-24H2,(H,28,35)(H,29,36)(H,30,37)(H,31,32)(H,33,34)(H,38,39)(H4,25,26,27). The first-order valence-electron chi connectivity index (χ1n) is 12.4. The predicted octanol–water partition coefficient (Wildman–Crippen LogP) is -3.24. The lowest BCUT2D eigenvalue weighted by atomic mass is 10.0. The molecule has 0 bridgehead atoms. The molecule has 4 unspecified atom stereocenters. The van der Waals surface area contributed by atoms with Crippen LogP contribution in [0.1, 0.15) is 57.8 Å². The number of amides is 3. The number of nitrogens with zero attached hydrogens (tertiary/aromatic N) is 1. The Labute approximate surface area is 225 Å². The van der Waals surface area contributed by atoms with Crippen LogP contribution >= 0.6 is 0 Å². The summed E-state index contributed by atoms with van der Waals surface area (Å²) in [5.74, 6) is -6.79. The first-order chi connectivity index (χ1) is 18.3.